The van der Waals surface area contributed by atoms with Crippen LogP contribution in [0, 0.1) is 6.92 Å². The van der Waals surface area contributed by atoms with E-state index in [9.17, 15) is 4.79 Å². The fourth-order valence-electron chi connectivity index (χ4n) is 1.10. The molecular formula is C9H16ClN3OS. The van der Waals surface area contributed by atoms with Gasteiger partial charge in [-0.2, -0.15) is 0 Å². The smallest absolute Gasteiger partial charge is 0.245 e. The van der Waals surface area contributed by atoms with Crippen LogP contribution >= 0.6 is 23.7 Å². The average Bonchev–Trinajstić information content (AvgIpc) is 2.53. The summed E-state index contributed by atoms with van der Waals surface area (Å²) in [6.07, 6.45) is 0. The molecule has 1 amide bonds. The summed E-state index contributed by atoms with van der Waals surface area (Å²) in [5.41, 5.74) is 6.47. The maximum absolute atomic E-state index is 11.7. The van der Waals surface area contributed by atoms with Gasteiger partial charge in [0.25, 0.3) is 0 Å². The maximum Gasteiger partial charge on any atom is 0.245 e. The Hall–Kier alpha value is -0.650. The van der Waals surface area contributed by atoms with E-state index in [1.807, 2.05) is 19.2 Å². The number of halogens is 1. The molecule has 0 unspecified atom stereocenters. The fraction of sp³-hybridized carbons (Fsp3) is 0.556. The molecule has 2 N–H and O–H groups in total. The molecule has 1 aromatic heterocycles. The number of aryl methyl sites for hydroxylation is 1. The lowest BCUT2D eigenvalue weighted by molar-refractivity contribution is -0.119. The van der Waals surface area contributed by atoms with Gasteiger partial charge in [0, 0.05) is 11.9 Å². The van der Waals surface area contributed by atoms with Crippen molar-refractivity contribution in [1.29, 1.82) is 0 Å². The quantitative estimate of drug-likeness (QED) is 0.885. The monoisotopic (exact) mass is 249 g/mol. The number of likely N-dealkylation sites (N-methyl/N-ethyl adjacent to an activating group) is 1. The van der Waals surface area contributed by atoms with Gasteiger partial charge in [-0.1, -0.05) is 0 Å². The summed E-state index contributed by atoms with van der Waals surface area (Å²) in [4.78, 5) is 17.5. The molecule has 86 valence electrons. The SMILES string of the molecule is CCN(C(=O)[C@H](C)N)c1nc(C)cs1.Cl. The second-order valence-electron chi connectivity index (χ2n) is 3.14. The zero-order valence-electron chi connectivity index (χ0n) is 9.06. The van der Waals surface area contributed by atoms with E-state index in [2.05, 4.69) is 4.98 Å². The van der Waals surface area contributed by atoms with Crippen molar-refractivity contribution in [3.8, 4) is 0 Å². The topological polar surface area (TPSA) is 59.2 Å². The van der Waals surface area contributed by atoms with Crippen LogP contribution in [0.5, 0.6) is 0 Å². The number of rotatable bonds is 3. The molecule has 0 saturated heterocycles. The molecule has 0 radical (unpaired) electrons. The molecule has 0 aliphatic rings. The molecule has 0 spiro atoms. The van der Waals surface area contributed by atoms with Crippen LogP contribution in [0.15, 0.2) is 5.38 Å². The molecule has 1 heterocycles. The van der Waals surface area contributed by atoms with Crippen LogP contribution in [0.1, 0.15) is 19.5 Å². The van der Waals surface area contributed by atoms with Crippen LogP contribution in [-0.4, -0.2) is 23.5 Å². The van der Waals surface area contributed by atoms with Gasteiger partial charge in [0.05, 0.1) is 11.7 Å². The second-order valence-corrected chi connectivity index (χ2v) is 3.98. The molecule has 0 aliphatic heterocycles. The number of carbonyl (C=O) groups is 1. The molecule has 0 saturated carbocycles. The molecule has 0 fully saturated rings. The standard InChI is InChI=1S/C9H15N3OS.ClH/c1-4-12(8(13)7(3)10)9-11-6(2)5-14-9;/h5,7H,4,10H2,1-3H3;1H/t7-;/m0./s1. The van der Waals surface area contributed by atoms with Crippen LogP contribution in [0.2, 0.25) is 0 Å². The van der Waals surface area contributed by atoms with E-state index in [0.717, 1.165) is 10.8 Å². The molecule has 0 bridgehead atoms. The number of aromatic nitrogens is 1. The van der Waals surface area contributed by atoms with E-state index >= 15 is 0 Å². The summed E-state index contributed by atoms with van der Waals surface area (Å²) in [7, 11) is 0. The Bertz CT molecular complexity index is 327. The van der Waals surface area contributed by atoms with Gasteiger partial charge in [-0.05, 0) is 20.8 Å². The molecule has 0 aromatic carbocycles. The molecule has 1 rings (SSSR count). The van der Waals surface area contributed by atoms with Crippen molar-refractivity contribution >= 4 is 34.8 Å². The van der Waals surface area contributed by atoms with Crippen molar-refractivity contribution in [1.82, 2.24) is 4.98 Å². The van der Waals surface area contributed by atoms with E-state index in [1.54, 1.807) is 11.8 Å². The molecule has 15 heavy (non-hydrogen) atoms. The van der Waals surface area contributed by atoms with Crippen LogP contribution < -0.4 is 10.6 Å². The minimum absolute atomic E-state index is 0. The van der Waals surface area contributed by atoms with Gasteiger partial charge in [0.15, 0.2) is 5.13 Å². The Kier molecular flexibility index (Phi) is 5.79. The predicted molar refractivity (Wildman–Crippen MR) is 65.8 cm³/mol. The number of nitrogens with zero attached hydrogens (tertiary/aromatic N) is 2. The number of carbonyl (C=O) groups excluding carboxylic acids is 1. The summed E-state index contributed by atoms with van der Waals surface area (Å²) in [5, 5.41) is 2.65. The first kappa shape index (κ1) is 14.3. The zero-order chi connectivity index (χ0) is 10.7. The first-order valence-electron chi connectivity index (χ1n) is 4.55. The summed E-state index contributed by atoms with van der Waals surface area (Å²) in [6, 6.07) is -0.473. The van der Waals surface area contributed by atoms with Gasteiger partial charge in [-0.15, -0.1) is 23.7 Å². The number of anilines is 1. The number of hydrogen-bond acceptors (Lipinski definition) is 4. The third-order valence-electron chi connectivity index (χ3n) is 1.81. The van der Waals surface area contributed by atoms with Crippen molar-refractivity contribution in [2.45, 2.75) is 26.8 Å². The first-order chi connectivity index (χ1) is 6.56. The Morgan fingerprint density at radius 3 is 2.67 bits per heavy atom. The number of nitrogens with two attached hydrogens (primary N) is 1. The highest BCUT2D eigenvalue weighted by atomic mass is 35.5. The normalized spacial score (nSPS) is 11.7. The summed E-state index contributed by atoms with van der Waals surface area (Å²) in [5.74, 6) is -0.0816. The molecule has 4 nitrogen and oxygen atoms in total. The molecule has 6 heteroatoms. The van der Waals surface area contributed by atoms with Crippen LogP contribution in [0.4, 0.5) is 5.13 Å². The summed E-state index contributed by atoms with van der Waals surface area (Å²) < 4.78 is 0. The lowest BCUT2D eigenvalue weighted by atomic mass is 10.3. The maximum atomic E-state index is 11.7. The van der Waals surface area contributed by atoms with Crippen molar-refractivity contribution < 1.29 is 4.79 Å². The Balaban J connectivity index is 0.00000196. The third-order valence-corrected chi connectivity index (χ3v) is 2.79. The average molecular weight is 250 g/mol. The van der Waals surface area contributed by atoms with Crippen LogP contribution in [-0.2, 0) is 4.79 Å². The predicted octanol–water partition coefficient (Wildman–Crippen LogP) is 1.57. The van der Waals surface area contributed by atoms with Crippen molar-refractivity contribution in [3.05, 3.63) is 11.1 Å². The van der Waals surface area contributed by atoms with Gasteiger partial charge in [-0.3, -0.25) is 9.69 Å². The minimum atomic E-state index is -0.473. The lowest BCUT2D eigenvalue weighted by Crippen LogP contribution is -2.42. The highest BCUT2D eigenvalue weighted by molar-refractivity contribution is 7.14. The highest BCUT2D eigenvalue weighted by Crippen LogP contribution is 2.20. The van der Waals surface area contributed by atoms with Gasteiger partial charge in [0.1, 0.15) is 0 Å². The minimum Gasteiger partial charge on any atom is -0.320 e. The number of hydrogen-bond donors (Lipinski definition) is 1. The Labute approximate surface area is 99.9 Å². The zero-order valence-corrected chi connectivity index (χ0v) is 10.7. The van der Waals surface area contributed by atoms with E-state index in [1.165, 1.54) is 11.3 Å². The van der Waals surface area contributed by atoms with Gasteiger partial charge in [0.2, 0.25) is 5.91 Å². The van der Waals surface area contributed by atoms with Crippen molar-refractivity contribution in [2.75, 3.05) is 11.4 Å². The van der Waals surface area contributed by atoms with Crippen molar-refractivity contribution in [2.24, 2.45) is 5.73 Å². The van der Waals surface area contributed by atoms with Gasteiger partial charge >= 0.3 is 0 Å². The largest absolute Gasteiger partial charge is 0.320 e. The van der Waals surface area contributed by atoms with Gasteiger partial charge < -0.3 is 5.73 Å². The fourth-order valence-corrected chi connectivity index (χ4v) is 1.97. The third kappa shape index (κ3) is 3.44. The molecule has 1 atom stereocenters. The van der Waals surface area contributed by atoms with Crippen molar-refractivity contribution in [3.63, 3.8) is 0 Å². The highest BCUT2D eigenvalue weighted by Gasteiger charge is 2.19. The summed E-state index contributed by atoms with van der Waals surface area (Å²) >= 11 is 1.47. The molecular weight excluding hydrogens is 234 g/mol. The van der Waals surface area contributed by atoms with Crippen LogP contribution in [0.3, 0.4) is 0 Å². The molecule has 1 aromatic rings. The molecule has 0 aliphatic carbocycles. The summed E-state index contributed by atoms with van der Waals surface area (Å²) in [6.45, 7) is 6.11. The van der Waals surface area contributed by atoms with E-state index < -0.39 is 6.04 Å². The lowest BCUT2D eigenvalue weighted by Gasteiger charge is -2.19. The van der Waals surface area contributed by atoms with Gasteiger partial charge in [-0.25, -0.2) is 4.98 Å². The van der Waals surface area contributed by atoms with Crippen LogP contribution in [0.25, 0.3) is 0 Å². The Morgan fingerprint density at radius 1 is 1.73 bits per heavy atom. The van der Waals surface area contributed by atoms with E-state index in [-0.39, 0.29) is 18.3 Å². The van der Waals surface area contributed by atoms with E-state index in [4.69, 9.17) is 5.73 Å². The van der Waals surface area contributed by atoms with E-state index in [0.29, 0.717) is 6.54 Å². The first-order valence-corrected chi connectivity index (χ1v) is 5.43. The Morgan fingerprint density at radius 2 is 2.33 bits per heavy atom. The number of thiazole rings is 1. The number of amides is 1. The second kappa shape index (κ2) is 6.05.